The van der Waals surface area contributed by atoms with Crippen LogP contribution in [-0.2, 0) is 32.7 Å². The van der Waals surface area contributed by atoms with Crippen molar-refractivity contribution in [2.24, 2.45) is 0 Å². The molecule has 4 N–H and O–H groups in total. The van der Waals surface area contributed by atoms with E-state index in [1.54, 1.807) is 6.08 Å². The highest BCUT2D eigenvalue weighted by molar-refractivity contribution is 7.47. The fraction of sp³-hybridized carbons (Fsp3) is 0.446. The van der Waals surface area contributed by atoms with E-state index in [-0.39, 0.29) is 12.8 Å². The standard InChI is InChI=1S/C56H82NO10P/c1-3-5-7-9-11-13-15-17-19-21-23-25-26-28-29-31-33-35-37-39-41-43-45-47-54(59)57-53(56(61)62)51-67-68(63,64)66-50-52(58)49-65-55(60)48-46-44-42-40-38-36-34-32-30-27-24-22-20-18-16-14-12-10-8-6-4-2/h5-8,11-14,17-20,23-25,27-29,32-35,38-41,44,46,52-53,58H,3-4,9-10,15-16,21-22,26,30-31,36-37,42-43,45,47-51H2,1-2H3,(H,57,59)(H,61,62)(H,63,64)/b7-5-,8-6-,13-11-,14-12-,19-17-,20-18-,25-23-,27-24-,29-28-,34-32-,35-33-,40-38-,41-39-,46-44-. The molecule has 1 amide bonds. The predicted molar refractivity (Wildman–Crippen MR) is 281 cm³/mol. The zero-order chi connectivity index (χ0) is 49.9. The van der Waals surface area contributed by atoms with E-state index in [9.17, 15) is 34.1 Å². The topological polar surface area (TPSA) is 169 Å². The number of allylic oxidation sites excluding steroid dienone is 27. The number of phosphoric ester groups is 1. The number of carboxylic acid groups (broad SMARTS) is 1. The van der Waals surface area contributed by atoms with Crippen molar-refractivity contribution < 1.29 is 47.8 Å². The van der Waals surface area contributed by atoms with Gasteiger partial charge in [0.2, 0.25) is 5.91 Å². The van der Waals surface area contributed by atoms with Crippen LogP contribution >= 0.6 is 7.82 Å². The average Bonchev–Trinajstić information content (AvgIpc) is 3.32. The Labute approximate surface area is 408 Å². The number of carbonyl (C=O) groups is 3. The molecule has 0 rings (SSSR count). The first-order chi connectivity index (χ1) is 33.1. The summed E-state index contributed by atoms with van der Waals surface area (Å²) < 4.78 is 26.8. The van der Waals surface area contributed by atoms with Crippen LogP contribution < -0.4 is 5.32 Å². The second-order valence-corrected chi connectivity index (χ2v) is 16.6. The molecule has 0 aliphatic heterocycles. The number of carbonyl (C=O) groups excluding carboxylic acids is 2. The molecule has 68 heavy (non-hydrogen) atoms. The summed E-state index contributed by atoms with van der Waals surface area (Å²) in [5.74, 6) is -2.63. The highest BCUT2D eigenvalue weighted by Gasteiger charge is 2.28. The molecule has 0 saturated heterocycles. The van der Waals surface area contributed by atoms with Crippen molar-refractivity contribution in [2.75, 3.05) is 19.8 Å². The van der Waals surface area contributed by atoms with E-state index in [1.165, 1.54) is 0 Å². The van der Waals surface area contributed by atoms with Crippen LogP contribution in [0.3, 0.4) is 0 Å². The first kappa shape index (κ1) is 62.8. The highest BCUT2D eigenvalue weighted by atomic mass is 31.2. The van der Waals surface area contributed by atoms with Crippen LogP contribution in [0.15, 0.2) is 170 Å². The number of aliphatic hydroxyl groups excluding tert-OH is 1. The maximum atomic E-state index is 12.3. The Bertz CT molecular complexity index is 1790. The molecule has 0 saturated carbocycles. The van der Waals surface area contributed by atoms with Crippen molar-refractivity contribution >= 4 is 25.7 Å². The number of phosphoric acid groups is 1. The van der Waals surface area contributed by atoms with Crippen molar-refractivity contribution in [2.45, 2.75) is 142 Å². The number of rotatable bonds is 42. The van der Waals surface area contributed by atoms with Crippen LogP contribution in [0.1, 0.15) is 129 Å². The Kier molecular flexibility index (Phi) is 44.6. The smallest absolute Gasteiger partial charge is 0.472 e. The van der Waals surface area contributed by atoms with Gasteiger partial charge in [-0.3, -0.25) is 18.6 Å². The Hall–Kier alpha value is -5.16. The second kappa shape index (κ2) is 48.3. The van der Waals surface area contributed by atoms with Gasteiger partial charge in [0.25, 0.3) is 0 Å². The summed E-state index contributed by atoms with van der Waals surface area (Å²) in [6.45, 7) is 2.20. The summed E-state index contributed by atoms with van der Waals surface area (Å²) in [4.78, 5) is 46.0. The van der Waals surface area contributed by atoms with Crippen LogP contribution in [0.25, 0.3) is 0 Å². The van der Waals surface area contributed by atoms with Gasteiger partial charge in [-0.1, -0.05) is 184 Å². The minimum Gasteiger partial charge on any atom is -0.480 e. The fourth-order valence-electron chi connectivity index (χ4n) is 5.39. The molecule has 0 aromatic heterocycles. The van der Waals surface area contributed by atoms with Gasteiger partial charge >= 0.3 is 19.8 Å². The largest absolute Gasteiger partial charge is 0.480 e. The molecular formula is C56H82NO10P. The van der Waals surface area contributed by atoms with E-state index in [0.29, 0.717) is 19.3 Å². The zero-order valence-corrected chi connectivity index (χ0v) is 41.7. The van der Waals surface area contributed by atoms with Crippen molar-refractivity contribution in [3.05, 3.63) is 170 Å². The van der Waals surface area contributed by atoms with Gasteiger partial charge in [0.1, 0.15) is 12.7 Å². The Morgan fingerprint density at radius 3 is 1.16 bits per heavy atom. The summed E-state index contributed by atoms with van der Waals surface area (Å²) in [5.41, 5.74) is 0. The Morgan fingerprint density at radius 1 is 0.485 bits per heavy atom. The van der Waals surface area contributed by atoms with E-state index in [4.69, 9.17) is 13.8 Å². The van der Waals surface area contributed by atoms with Crippen LogP contribution in [-0.4, -0.2) is 64.9 Å². The average molecular weight is 960 g/mol. The molecule has 12 heteroatoms. The van der Waals surface area contributed by atoms with Gasteiger partial charge in [-0.25, -0.2) is 9.36 Å². The number of ether oxygens (including phenoxy) is 1. The third-order valence-electron chi connectivity index (χ3n) is 9.03. The maximum absolute atomic E-state index is 12.3. The summed E-state index contributed by atoms with van der Waals surface area (Å²) in [7, 11) is -4.81. The van der Waals surface area contributed by atoms with Crippen LogP contribution in [0.4, 0.5) is 0 Å². The molecule has 0 spiro atoms. The molecule has 0 radical (unpaired) electrons. The van der Waals surface area contributed by atoms with Crippen molar-refractivity contribution in [3.8, 4) is 0 Å². The van der Waals surface area contributed by atoms with Crippen molar-refractivity contribution in [1.29, 1.82) is 0 Å². The zero-order valence-electron chi connectivity index (χ0n) is 40.8. The molecule has 0 aromatic carbocycles. The molecular weight excluding hydrogens is 878 g/mol. The molecule has 0 aromatic rings. The van der Waals surface area contributed by atoms with E-state index < -0.39 is 57.6 Å². The normalized spacial score (nSPS) is 15.0. The van der Waals surface area contributed by atoms with Gasteiger partial charge in [0, 0.05) is 6.42 Å². The lowest BCUT2D eigenvalue weighted by Crippen LogP contribution is -2.43. The first-order valence-electron chi connectivity index (χ1n) is 24.2. The predicted octanol–water partition coefficient (Wildman–Crippen LogP) is 13.4. The lowest BCUT2D eigenvalue weighted by molar-refractivity contribution is -0.146. The number of hydrogen-bond donors (Lipinski definition) is 4. The van der Waals surface area contributed by atoms with Gasteiger partial charge in [-0.15, -0.1) is 0 Å². The third kappa shape index (κ3) is 47.3. The Morgan fingerprint density at radius 2 is 0.809 bits per heavy atom. The van der Waals surface area contributed by atoms with Gasteiger partial charge in [-0.2, -0.15) is 0 Å². The van der Waals surface area contributed by atoms with E-state index in [0.717, 1.165) is 83.5 Å². The SMILES string of the molecule is CC/C=C\C/C=C\C/C=C\C/C=C\C/C=C\C/C=C\C/C=C\CCCC(=O)NC(COP(=O)(O)OCC(O)COC(=O)C/C=C\C/C=C\C/C=C\C/C=C\C/C=C\C/C=C\C/C=C\CC)C(=O)O. The first-order valence-corrected chi connectivity index (χ1v) is 25.7. The molecule has 3 unspecified atom stereocenters. The highest BCUT2D eigenvalue weighted by Crippen LogP contribution is 2.43. The van der Waals surface area contributed by atoms with Gasteiger partial charge in [0.05, 0.1) is 19.6 Å². The second-order valence-electron chi connectivity index (χ2n) is 15.2. The number of esters is 1. The van der Waals surface area contributed by atoms with Crippen molar-refractivity contribution in [1.82, 2.24) is 5.32 Å². The van der Waals surface area contributed by atoms with Gasteiger partial charge in [0.15, 0.2) is 6.04 Å². The van der Waals surface area contributed by atoms with Crippen molar-refractivity contribution in [3.63, 3.8) is 0 Å². The molecule has 0 heterocycles. The minimum atomic E-state index is -4.81. The third-order valence-corrected chi connectivity index (χ3v) is 9.99. The number of hydrogen-bond acceptors (Lipinski definition) is 8. The number of aliphatic hydroxyl groups is 1. The molecule has 0 bridgehead atoms. The molecule has 0 aliphatic rings. The number of unbranched alkanes of at least 4 members (excludes halogenated alkanes) is 1. The lowest BCUT2D eigenvalue weighted by Gasteiger charge is -2.18. The number of amides is 1. The molecule has 11 nitrogen and oxygen atoms in total. The van der Waals surface area contributed by atoms with E-state index in [2.05, 4.69) is 153 Å². The summed E-state index contributed by atoms with van der Waals surface area (Å²) in [6.07, 6.45) is 71.2. The summed E-state index contributed by atoms with van der Waals surface area (Å²) in [5, 5.41) is 21.8. The molecule has 3 atom stereocenters. The molecule has 0 fully saturated rings. The van der Waals surface area contributed by atoms with Crippen LogP contribution in [0, 0.1) is 0 Å². The fourth-order valence-corrected chi connectivity index (χ4v) is 6.16. The monoisotopic (exact) mass is 960 g/mol. The number of nitrogens with one attached hydrogen (secondary N) is 1. The lowest BCUT2D eigenvalue weighted by atomic mass is 10.2. The maximum Gasteiger partial charge on any atom is 0.472 e. The number of aliphatic carboxylic acids is 1. The molecule has 376 valence electrons. The summed E-state index contributed by atoms with van der Waals surface area (Å²) in [6, 6.07) is -1.60. The quantitative estimate of drug-likeness (QED) is 0.0200. The van der Waals surface area contributed by atoms with Gasteiger partial charge < -0.3 is 25.2 Å². The van der Waals surface area contributed by atoms with E-state index >= 15 is 0 Å². The van der Waals surface area contributed by atoms with Gasteiger partial charge in [-0.05, 0) is 103 Å². The van der Waals surface area contributed by atoms with E-state index in [1.807, 2.05) is 30.4 Å². The Balaban J connectivity index is 4.11. The molecule has 0 aliphatic carbocycles. The summed E-state index contributed by atoms with van der Waals surface area (Å²) >= 11 is 0. The van der Waals surface area contributed by atoms with Crippen LogP contribution in [0.2, 0.25) is 0 Å². The van der Waals surface area contributed by atoms with Crippen LogP contribution in [0.5, 0.6) is 0 Å². The number of carboxylic acids is 1. The minimum absolute atomic E-state index is 0.0259.